The molecule has 2 aromatic rings. The van der Waals surface area contributed by atoms with Gasteiger partial charge < -0.3 is 15.0 Å². The van der Waals surface area contributed by atoms with E-state index < -0.39 is 23.4 Å². The molecule has 9 heteroatoms. The number of hydrogen-bond donors (Lipinski definition) is 1. The number of nitro groups is 1. The number of esters is 1. The maximum atomic E-state index is 12.0. The zero-order valence-electron chi connectivity index (χ0n) is 14.6. The van der Waals surface area contributed by atoms with Gasteiger partial charge in [0.2, 0.25) is 0 Å². The van der Waals surface area contributed by atoms with Gasteiger partial charge in [0.1, 0.15) is 6.07 Å². The summed E-state index contributed by atoms with van der Waals surface area (Å²) in [5.74, 6) is -1.33. The van der Waals surface area contributed by atoms with Crippen molar-refractivity contribution in [1.82, 2.24) is 0 Å². The minimum atomic E-state index is -0.668. The Kier molecular flexibility index (Phi) is 6.06. The van der Waals surface area contributed by atoms with E-state index >= 15 is 0 Å². The first kappa shape index (κ1) is 19.4. The van der Waals surface area contributed by atoms with Crippen LogP contribution >= 0.6 is 0 Å². The van der Waals surface area contributed by atoms with Crippen molar-refractivity contribution in [2.75, 3.05) is 30.9 Å². The molecule has 27 heavy (non-hydrogen) atoms. The van der Waals surface area contributed by atoms with E-state index in [0.29, 0.717) is 5.56 Å². The molecule has 2 aromatic carbocycles. The molecule has 1 amide bonds. The highest BCUT2D eigenvalue weighted by molar-refractivity contribution is 5.96. The van der Waals surface area contributed by atoms with Crippen LogP contribution in [0, 0.1) is 21.4 Å². The van der Waals surface area contributed by atoms with E-state index in [1.807, 2.05) is 19.0 Å². The topological polar surface area (TPSA) is 126 Å². The van der Waals surface area contributed by atoms with Crippen molar-refractivity contribution in [2.45, 2.75) is 0 Å². The van der Waals surface area contributed by atoms with Crippen LogP contribution in [0.15, 0.2) is 42.5 Å². The first-order chi connectivity index (χ1) is 12.8. The summed E-state index contributed by atoms with van der Waals surface area (Å²) in [4.78, 5) is 35.9. The van der Waals surface area contributed by atoms with Crippen LogP contribution in [0.5, 0.6) is 0 Å². The number of carbonyl (C=O) groups is 2. The molecule has 138 valence electrons. The predicted octanol–water partition coefficient (Wildman–Crippen LogP) is 2.33. The Morgan fingerprint density at radius 1 is 1.22 bits per heavy atom. The number of anilines is 2. The van der Waals surface area contributed by atoms with Gasteiger partial charge in [-0.25, -0.2) is 4.79 Å². The summed E-state index contributed by atoms with van der Waals surface area (Å²) in [6.07, 6.45) is 0. The lowest BCUT2D eigenvalue weighted by Gasteiger charge is -2.12. The zero-order chi connectivity index (χ0) is 20.0. The first-order valence-corrected chi connectivity index (χ1v) is 7.74. The largest absolute Gasteiger partial charge is 0.452 e. The van der Waals surface area contributed by atoms with E-state index in [0.717, 1.165) is 17.8 Å². The maximum Gasteiger partial charge on any atom is 0.338 e. The third kappa shape index (κ3) is 5.02. The molecule has 9 nitrogen and oxygen atoms in total. The Labute approximate surface area is 154 Å². The highest BCUT2D eigenvalue weighted by atomic mass is 16.6. The van der Waals surface area contributed by atoms with Crippen LogP contribution in [0.25, 0.3) is 0 Å². The predicted molar refractivity (Wildman–Crippen MR) is 97.5 cm³/mol. The van der Waals surface area contributed by atoms with Crippen molar-refractivity contribution in [3.8, 4) is 6.07 Å². The van der Waals surface area contributed by atoms with E-state index in [9.17, 15) is 19.7 Å². The van der Waals surface area contributed by atoms with Crippen molar-refractivity contribution in [2.24, 2.45) is 0 Å². The SMILES string of the molecule is CN(C)c1ccc(C(=O)OCC(=O)Nc2ccc([N+](=O)[O-])cc2C#N)cc1. The van der Waals surface area contributed by atoms with E-state index in [-0.39, 0.29) is 16.9 Å². The highest BCUT2D eigenvalue weighted by Gasteiger charge is 2.14. The molecule has 1 N–H and O–H groups in total. The lowest BCUT2D eigenvalue weighted by molar-refractivity contribution is -0.384. The molecule has 0 bridgehead atoms. The number of nitrogens with one attached hydrogen (secondary N) is 1. The summed E-state index contributed by atoms with van der Waals surface area (Å²) in [5.41, 5.74) is 0.965. The molecule has 0 aromatic heterocycles. The minimum Gasteiger partial charge on any atom is -0.452 e. The molecule has 0 spiro atoms. The van der Waals surface area contributed by atoms with Gasteiger partial charge in [0, 0.05) is 31.9 Å². The van der Waals surface area contributed by atoms with Gasteiger partial charge in [0.05, 0.1) is 21.7 Å². The Bertz CT molecular complexity index is 916. The summed E-state index contributed by atoms with van der Waals surface area (Å²) >= 11 is 0. The Morgan fingerprint density at radius 2 is 1.89 bits per heavy atom. The molecule has 0 aliphatic carbocycles. The van der Waals surface area contributed by atoms with Crippen molar-refractivity contribution in [1.29, 1.82) is 5.26 Å². The molecule has 0 atom stereocenters. The second-order valence-corrected chi connectivity index (χ2v) is 5.66. The number of non-ortho nitro benzene ring substituents is 1. The van der Waals surface area contributed by atoms with Gasteiger partial charge in [0.15, 0.2) is 6.61 Å². The molecular weight excluding hydrogens is 352 g/mol. The lowest BCUT2D eigenvalue weighted by Crippen LogP contribution is -2.21. The van der Waals surface area contributed by atoms with Crippen LogP contribution in [-0.2, 0) is 9.53 Å². The number of hydrogen-bond acceptors (Lipinski definition) is 7. The number of nitro benzene ring substituents is 1. The molecule has 0 radical (unpaired) electrons. The fourth-order valence-electron chi connectivity index (χ4n) is 2.14. The molecule has 0 unspecified atom stereocenters. The molecule has 0 saturated heterocycles. The van der Waals surface area contributed by atoms with Crippen LogP contribution in [0.4, 0.5) is 17.1 Å². The number of amides is 1. The lowest BCUT2D eigenvalue weighted by atomic mass is 10.1. The summed E-state index contributed by atoms with van der Waals surface area (Å²) in [6, 6.07) is 11.9. The molecule has 0 heterocycles. The number of nitriles is 1. The van der Waals surface area contributed by atoms with E-state index in [1.165, 1.54) is 6.07 Å². The van der Waals surface area contributed by atoms with Crippen LogP contribution < -0.4 is 10.2 Å². The fraction of sp³-hybridized carbons (Fsp3) is 0.167. The number of nitrogens with zero attached hydrogens (tertiary/aromatic N) is 3. The van der Waals surface area contributed by atoms with E-state index in [2.05, 4.69) is 5.32 Å². The summed E-state index contributed by atoms with van der Waals surface area (Å²) in [6.45, 7) is -0.559. The second-order valence-electron chi connectivity index (χ2n) is 5.66. The smallest absolute Gasteiger partial charge is 0.338 e. The minimum absolute atomic E-state index is 0.0665. The van der Waals surface area contributed by atoms with Crippen molar-refractivity contribution >= 4 is 28.9 Å². The number of benzene rings is 2. The van der Waals surface area contributed by atoms with Crippen LogP contribution in [0.3, 0.4) is 0 Å². The van der Waals surface area contributed by atoms with Gasteiger partial charge in [-0.05, 0) is 30.3 Å². The highest BCUT2D eigenvalue weighted by Crippen LogP contribution is 2.21. The molecule has 0 saturated carbocycles. The quantitative estimate of drug-likeness (QED) is 0.471. The van der Waals surface area contributed by atoms with Gasteiger partial charge in [0.25, 0.3) is 11.6 Å². The Hall–Kier alpha value is -3.93. The van der Waals surface area contributed by atoms with Gasteiger partial charge in [-0.15, -0.1) is 0 Å². The van der Waals surface area contributed by atoms with Gasteiger partial charge in [-0.3, -0.25) is 14.9 Å². The third-order valence-electron chi connectivity index (χ3n) is 3.56. The van der Waals surface area contributed by atoms with Crippen molar-refractivity contribution < 1.29 is 19.2 Å². The summed E-state index contributed by atoms with van der Waals surface area (Å²) in [7, 11) is 3.73. The number of ether oxygens (including phenoxy) is 1. The second kappa shape index (κ2) is 8.44. The zero-order valence-corrected chi connectivity index (χ0v) is 14.6. The summed E-state index contributed by atoms with van der Waals surface area (Å²) < 4.78 is 4.94. The van der Waals surface area contributed by atoms with Crippen LogP contribution in [0.1, 0.15) is 15.9 Å². The average molecular weight is 368 g/mol. The first-order valence-electron chi connectivity index (χ1n) is 7.74. The van der Waals surface area contributed by atoms with Gasteiger partial charge >= 0.3 is 5.97 Å². The molecule has 0 aliphatic rings. The summed E-state index contributed by atoms with van der Waals surface area (Å²) in [5, 5.41) is 22.2. The van der Waals surface area contributed by atoms with Crippen LogP contribution in [-0.4, -0.2) is 37.5 Å². The van der Waals surface area contributed by atoms with Crippen LogP contribution in [0.2, 0.25) is 0 Å². The standard InChI is InChI=1S/C18H16N4O5/c1-21(2)14-5-3-12(4-6-14)18(24)27-11-17(23)20-16-8-7-15(22(25)26)9-13(16)10-19/h3-9H,11H2,1-2H3,(H,20,23). The normalized spacial score (nSPS) is 9.81. The van der Waals surface area contributed by atoms with Crippen molar-refractivity contribution in [3.63, 3.8) is 0 Å². The maximum absolute atomic E-state index is 12.0. The third-order valence-corrected chi connectivity index (χ3v) is 3.56. The molecule has 2 rings (SSSR count). The van der Waals surface area contributed by atoms with Crippen molar-refractivity contribution in [3.05, 3.63) is 63.7 Å². The van der Waals surface area contributed by atoms with Gasteiger partial charge in [-0.2, -0.15) is 5.26 Å². The number of rotatable bonds is 6. The Balaban J connectivity index is 1.97. The monoisotopic (exact) mass is 368 g/mol. The number of carbonyl (C=O) groups excluding carboxylic acids is 2. The molecule has 0 aliphatic heterocycles. The molecular formula is C18H16N4O5. The van der Waals surface area contributed by atoms with E-state index in [1.54, 1.807) is 30.3 Å². The average Bonchev–Trinajstić information content (AvgIpc) is 2.66. The molecule has 0 fully saturated rings. The Morgan fingerprint density at radius 3 is 2.44 bits per heavy atom. The van der Waals surface area contributed by atoms with E-state index in [4.69, 9.17) is 10.00 Å². The fourth-order valence-corrected chi connectivity index (χ4v) is 2.14. The van der Waals surface area contributed by atoms with Gasteiger partial charge in [-0.1, -0.05) is 0 Å².